The van der Waals surface area contributed by atoms with Crippen molar-refractivity contribution in [2.24, 2.45) is 0 Å². The monoisotopic (exact) mass is 279 g/mol. The third kappa shape index (κ3) is 5.91. The van der Waals surface area contributed by atoms with Gasteiger partial charge >= 0.3 is 0 Å². The summed E-state index contributed by atoms with van der Waals surface area (Å²) in [7, 11) is 1.84. The maximum absolute atomic E-state index is 11.8. The maximum atomic E-state index is 11.8. The predicted molar refractivity (Wildman–Crippen MR) is 78.9 cm³/mol. The lowest BCUT2D eigenvalue weighted by molar-refractivity contribution is -0.130. The summed E-state index contributed by atoms with van der Waals surface area (Å²) in [6.07, 6.45) is 3.12. The fourth-order valence-electron chi connectivity index (χ4n) is 1.61. The maximum Gasteiger partial charge on any atom is 0.222 e. The average Bonchev–Trinajstić information content (AvgIpc) is 2.83. The minimum Gasteiger partial charge on any atom is -0.395 e. The molecule has 0 aliphatic carbocycles. The molecule has 19 heavy (non-hydrogen) atoms. The fourth-order valence-corrected chi connectivity index (χ4v) is 2.38. The van der Waals surface area contributed by atoms with E-state index in [4.69, 9.17) is 5.11 Å². The molecule has 1 amide bonds. The van der Waals surface area contributed by atoms with Gasteiger partial charge in [-0.2, -0.15) is 0 Å². The van der Waals surface area contributed by atoms with Gasteiger partial charge in [0.25, 0.3) is 0 Å². The Hall–Kier alpha value is -1.31. The molecule has 0 radical (unpaired) electrons. The molecule has 4 heteroatoms. The number of carbonyl (C=O) groups is 1. The van der Waals surface area contributed by atoms with Gasteiger partial charge in [0.2, 0.25) is 5.91 Å². The number of unbranched alkanes of at least 4 members (excludes halogenated alkanes) is 1. The first-order chi connectivity index (χ1) is 9.17. The molecule has 3 nitrogen and oxygen atoms in total. The molecule has 0 unspecified atom stereocenters. The van der Waals surface area contributed by atoms with Crippen LogP contribution in [0.15, 0.2) is 11.4 Å². The van der Waals surface area contributed by atoms with Gasteiger partial charge < -0.3 is 10.0 Å². The van der Waals surface area contributed by atoms with Crippen LogP contribution in [0.25, 0.3) is 0 Å². The number of amides is 1. The number of hydrogen-bond donors (Lipinski definition) is 1. The standard InChI is InChI=1S/C15H21NO2S/c1-3-4-8-15(18)16(2)11-13-10-14(19-12-13)7-5-6-9-17/h10,12,17H,3-4,6,8-9,11H2,1-2H3. The Morgan fingerprint density at radius 2 is 2.32 bits per heavy atom. The summed E-state index contributed by atoms with van der Waals surface area (Å²) in [5.41, 5.74) is 1.12. The molecule has 0 saturated carbocycles. The molecule has 0 fully saturated rings. The van der Waals surface area contributed by atoms with Crippen molar-refractivity contribution in [3.63, 3.8) is 0 Å². The van der Waals surface area contributed by atoms with Crippen LogP contribution in [0.5, 0.6) is 0 Å². The summed E-state index contributed by atoms with van der Waals surface area (Å²) in [6.45, 7) is 2.82. The Kier molecular flexibility index (Phi) is 7.24. The number of rotatable bonds is 6. The molecule has 0 saturated heterocycles. The van der Waals surface area contributed by atoms with Gasteiger partial charge in [0.15, 0.2) is 0 Å². The summed E-state index contributed by atoms with van der Waals surface area (Å²) in [4.78, 5) is 14.5. The predicted octanol–water partition coefficient (Wildman–Crippen LogP) is 2.63. The van der Waals surface area contributed by atoms with Crippen molar-refractivity contribution >= 4 is 17.2 Å². The van der Waals surface area contributed by atoms with Crippen LogP contribution in [0, 0.1) is 11.8 Å². The smallest absolute Gasteiger partial charge is 0.222 e. The van der Waals surface area contributed by atoms with E-state index in [0.29, 0.717) is 19.4 Å². The van der Waals surface area contributed by atoms with E-state index in [-0.39, 0.29) is 12.5 Å². The fraction of sp³-hybridized carbons (Fsp3) is 0.533. The van der Waals surface area contributed by atoms with Crippen LogP contribution in [0.1, 0.15) is 43.0 Å². The van der Waals surface area contributed by atoms with Crippen LogP contribution in [-0.2, 0) is 11.3 Å². The Labute approximate surface area is 119 Å². The number of nitrogens with zero attached hydrogens (tertiary/aromatic N) is 1. The molecule has 0 aromatic carbocycles. The van der Waals surface area contributed by atoms with Gasteiger partial charge in [-0.3, -0.25) is 4.79 Å². The molecule has 1 aromatic heterocycles. The van der Waals surface area contributed by atoms with Crippen molar-refractivity contribution in [1.29, 1.82) is 0 Å². The summed E-state index contributed by atoms with van der Waals surface area (Å²) < 4.78 is 0. The van der Waals surface area contributed by atoms with Gasteiger partial charge in [-0.25, -0.2) is 0 Å². The van der Waals surface area contributed by atoms with Crippen molar-refractivity contribution in [3.05, 3.63) is 21.9 Å². The van der Waals surface area contributed by atoms with Gasteiger partial charge in [-0.05, 0) is 23.4 Å². The van der Waals surface area contributed by atoms with Gasteiger partial charge in [0.1, 0.15) is 0 Å². The van der Waals surface area contributed by atoms with Gasteiger partial charge in [-0.1, -0.05) is 25.2 Å². The highest BCUT2D eigenvalue weighted by Crippen LogP contribution is 2.15. The Morgan fingerprint density at radius 1 is 1.53 bits per heavy atom. The second-order valence-electron chi connectivity index (χ2n) is 4.45. The van der Waals surface area contributed by atoms with Crippen LogP contribution in [0.3, 0.4) is 0 Å². The quantitative estimate of drug-likeness (QED) is 0.813. The number of hydrogen-bond acceptors (Lipinski definition) is 3. The van der Waals surface area contributed by atoms with Gasteiger partial charge in [0.05, 0.1) is 11.5 Å². The molecule has 0 aliphatic heterocycles. The first-order valence-corrected chi connectivity index (χ1v) is 7.46. The van der Waals surface area contributed by atoms with Crippen LogP contribution in [0.2, 0.25) is 0 Å². The van der Waals surface area contributed by atoms with E-state index in [1.807, 2.05) is 18.5 Å². The van der Waals surface area contributed by atoms with E-state index >= 15 is 0 Å². The molecule has 1 N–H and O–H groups in total. The van der Waals surface area contributed by atoms with E-state index in [1.54, 1.807) is 16.2 Å². The summed E-state index contributed by atoms with van der Waals surface area (Å²) >= 11 is 1.58. The van der Waals surface area contributed by atoms with E-state index < -0.39 is 0 Å². The molecule has 1 rings (SSSR count). The molecular formula is C15H21NO2S. The Morgan fingerprint density at radius 3 is 3.00 bits per heavy atom. The second kappa shape index (κ2) is 8.73. The zero-order chi connectivity index (χ0) is 14.1. The zero-order valence-electron chi connectivity index (χ0n) is 11.6. The largest absolute Gasteiger partial charge is 0.395 e. The van der Waals surface area contributed by atoms with Gasteiger partial charge in [0, 0.05) is 26.4 Å². The first kappa shape index (κ1) is 15.7. The summed E-state index contributed by atoms with van der Waals surface area (Å²) in [5.74, 6) is 6.10. The zero-order valence-corrected chi connectivity index (χ0v) is 12.4. The SMILES string of the molecule is CCCCC(=O)N(C)Cc1csc(C#CCCO)c1. The van der Waals surface area contributed by atoms with E-state index in [0.717, 1.165) is 23.3 Å². The normalized spacial score (nSPS) is 9.84. The number of thiophene rings is 1. The highest BCUT2D eigenvalue weighted by atomic mass is 32.1. The van der Waals surface area contributed by atoms with Crippen LogP contribution in [0.4, 0.5) is 0 Å². The lowest BCUT2D eigenvalue weighted by Crippen LogP contribution is -2.25. The minimum absolute atomic E-state index is 0.0971. The highest BCUT2D eigenvalue weighted by molar-refractivity contribution is 7.10. The minimum atomic E-state index is 0.0971. The van der Waals surface area contributed by atoms with Crippen LogP contribution in [-0.4, -0.2) is 29.6 Å². The van der Waals surface area contributed by atoms with Gasteiger partial charge in [-0.15, -0.1) is 11.3 Å². The van der Waals surface area contributed by atoms with Crippen molar-refractivity contribution in [1.82, 2.24) is 4.90 Å². The average molecular weight is 279 g/mol. The molecule has 0 atom stereocenters. The molecule has 0 bridgehead atoms. The molecule has 0 spiro atoms. The lowest BCUT2D eigenvalue weighted by atomic mass is 10.2. The number of aliphatic hydroxyl groups is 1. The molecule has 1 aromatic rings. The number of aliphatic hydroxyl groups excluding tert-OH is 1. The summed E-state index contributed by atoms with van der Waals surface area (Å²) in [6, 6.07) is 2.01. The van der Waals surface area contributed by atoms with Crippen molar-refractivity contribution in [2.75, 3.05) is 13.7 Å². The van der Waals surface area contributed by atoms with Crippen molar-refractivity contribution in [3.8, 4) is 11.8 Å². The van der Waals surface area contributed by atoms with Crippen LogP contribution < -0.4 is 0 Å². The van der Waals surface area contributed by atoms with Crippen molar-refractivity contribution < 1.29 is 9.90 Å². The molecule has 1 heterocycles. The van der Waals surface area contributed by atoms with Crippen molar-refractivity contribution in [2.45, 2.75) is 39.2 Å². The lowest BCUT2D eigenvalue weighted by Gasteiger charge is -2.16. The third-order valence-corrected chi connectivity index (χ3v) is 3.59. The third-order valence-electron chi connectivity index (χ3n) is 2.69. The van der Waals surface area contributed by atoms with E-state index in [1.165, 1.54) is 0 Å². The molecule has 0 aliphatic rings. The molecular weight excluding hydrogens is 258 g/mol. The van der Waals surface area contributed by atoms with E-state index in [2.05, 4.69) is 18.8 Å². The topological polar surface area (TPSA) is 40.5 Å². The Balaban J connectivity index is 2.49. The van der Waals surface area contributed by atoms with Crippen LogP contribution >= 0.6 is 11.3 Å². The first-order valence-electron chi connectivity index (χ1n) is 6.58. The summed E-state index contributed by atoms with van der Waals surface area (Å²) in [5, 5.41) is 10.7. The highest BCUT2D eigenvalue weighted by Gasteiger charge is 2.09. The molecule has 104 valence electrons. The number of carbonyl (C=O) groups excluding carboxylic acids is 1. The second-order valence-corrected chi connectivity index (χ2v) is 5.36. The Bertz CT molecular complexity index is 456. The van der Waals surface area contributed by atoms with E-state index in [9.17, 15) is 4.79 Å².